The average Bonchev–Trinajstić information content (AvgIpc) is 3.25. The molecule has 1 amide bonds. The Morgan fingerprint density at radius 2 is 2.00 bits per heavy atom. The third-order valence-electron chi connectivity index (χ3n) is 4.69. The number of carbonyl (C=O) groups excluding carboxylic acids is 1. The molecule has 2 fully saturated rings. The Morgan fingerprint density at radius 1 is 1.28 bits per heavy atom. The minimum absolute atomic E-state index is 0.171. The lowest BCUT2D eigenvalue weighted by molar-refractivity contribution is -0.137. The van der Waals surface area contributed by atoms with Gasteiger partial charge in [-0.2, -0.15) is 13.2 Å². The first kappa shape index (κ1) is 18.0. The zero-order valence-corrected chi connectivity index (χ0v) is 13.8. The van der Waals surface area contributed by atoms with E-state index < -0.39 is 23.8 Å². The fourth-order valence-corrected chi connectivity index (χ4v) is 3.33. The van der Waals surface area contributed by atoms with Crippen LogP contribution in [-0.4, -0.2) is 37.7 Å². The van der Waals surface area contributed by atoms with Gasteiger partial charge in [0.05, 0.1) is 23.0 Å². The smallest absolute Gasteiger partial charge is 0.370 e. The molecule has 3 rings (SSSR count). The van der Waals surface area contributed by atoms with Crippen LogP contribution in [0.25, 0.3) is 0 Å². The van der Waals surface area contributed by atoms with Crippen LogP contribution in [0.3, 0.4) is 0 Å². The largest absolute Gasteiger partial charge is 0.416 e. The molecule has 0 aromatic heterocycles. The summed E-state index contributed by atoms with van der Waals surface area (Å²) in [7, 11) is 0. The Kier molecular flexibility index (Phi) is 5.19. The molecule has 2 atom stereocenters. The molecule has 5 nitrogen and oxygen atoms in total. The Labute approximate surface area is 144 Å². The third-order valence-corrected chi connectivity index (χ3v) is 4.69. The van der Waals surface area contributed by atoms with Gasteiger partial charge in [-0.25, -0.2) is 0 Å². The summed E-state index contributed by atoms with van der Waals surface area (Å²) in [4.78, 5) is 14.4. The summed E-state index contributed by atoms with van der Waals surface area (Å²) in [5.41, 5.74) is 5.55. The Bertz CT molecular complexity index is 630. The van der Waals surface area contributed by atoms with Crippen LogP contribution in [0.1, 0.15) is 31.2 Å². The van der Waals surface area contributed by atoms with Gasteiger partial charge in [-0.3, -0.25) is 4.79 Å². The maximum Gasteiger partial charge on any atom is 0.416 e. The number of carbonyl (C=O) groups is 1. The average molecular weight is 357 g/mol. The van der Waals surface area contributed by atoms with Gasteiger partial charge in [-0.05, 0) is 43.9 Å². The highest BCUT2D eigenvalue weighted by molar-refractivity contribution is 5.97. The van der Waals surface area contributed by atoms with E-state index in [4.69, 9.17) is 10.5 Å². The lowest BCUT2D eigenvalue weighted by Crippen LogP contribution is -2.31. The summed E-state index contributed by atoms with van der Waals surface area (Å²) in [6, 6.07) is 3.49. The van der Waals surface area contributed by atoms with Gasteiger partial charge < -0.3 is 20.7 Å². The predicted molar refractivity (Wildman–Crippen MR) is 88.5 cm³/mol. The molecule has 0 saturated carbocycles. The fourth-order valence-electron chi connectivity index (χ4n) is 3.33. The fraction of sp³-hybridized carbons (Fsp3) is 0.588. The van der Waals surface area contributed by atoms with Crippen LogP contribution in [-0.2, 0) is 15.7 Å². The monoisotopic (exact) mass is 357 g/mol. The van der Waals surface area contributed by atoms with Crippen molar-refractivity contribution < 1.29 is 22.7 Å². The summed E-state index contributed by atoms with van der Waals surface area (Å²) in [5, 5.41) is 2.64. The van der Waals surface area contributed by atoms with Crippen molar-refractivity contribution in [2.45, 2.75) is 44.1 Å². The van der Waals surface area contributed by atoms with Crippen molar-refractivity contribution in [2.75, 3.05) is 29.9 Å². The van der Waals surface area contributed by atoms with Gasteiger partial charge in [0.2, 0.25) is 0 Å². The van der Waals surface area contributed by atoms with Crippen LogP contribution in [0.2, 0.25) is 0 Å². The summed E-state index contributed by atoms with van der Waals surface area (Å²) in [6.07, 6.45) is -2.14. The Morgan fingerprint density at radius 3 is 2.60 bits per heavy atom. The summed E-state index contributed by atoms with van der Waals surface area (Å²) < 4.78 is 44.7. The number of alkyl halides is 3. The first-order valence-electron chi connectivity index (χ1n) is 8.51. The van der Waals surface area contributed by atoms with E-state index in [9.17, 15) is 18.0 Å². The van der Waals surface area contributed by atoms with Gasteiger partial charge in [0.1, 0.15) is 6.10 Å². The first-order chi connectivity index (χ1) is 11.9. The standard InChI is InChI=1S/C17H22F3N3O2/c18-17(19,20)11-3-5-14(23-7-1-2-8-23)13(9-11)22-16(24)15-6-4-12(10-21)25-15/h3,5,9,12,15H,1-2,4,6-8,10,21H2,(H,22,24)/t12-,15+/m1/s1. The number of nitrogens with zero attached hydrogens (tertiary/aromatic N) is 1. The molecule has 2 aliphatic rings. The van der Waals surface area contributed by atoms with Gasteiger partial charge in [0, 0.05) is 19.6 Å². The molecule has 0 unspecified atom stereocenters. The molecule has 0 aliphatic carbocycles. The molecule has 0 radical (unpaired) electrons. The number of rotatable bonds is 4. The van der Waals surface area contributed by atoms with E-state index in [-0.39, 0.29) is 11.8 Å². The minimum atomic E-state index is -4.46. The van der Waals surface area contributed by atoms with E-state index in [1.807, 2.05) is 4.90 Å². The van der Waals surface area contributed by atoms with Gasteiger partial charge in [-0.15, -0.1) is 0 Å². The van der Waals surface area contributed by atoms with E-state index in [1.165, 1.54) is 6.07 Å². The summed E-state index contributed by atoms with van der Waals surface area (Å²) in [6.45, 7) is 1.86. The molecule has 8 heteroatoms. The van der Waals surface area contributed by atoms with Crippen molar-refractivity contribution in [3.63, 3.8) is 0 Å². The molecular weight excluding hydrogens is 335 g/mol. The van der Waals surface area contributed by atoms with Crippen molar-refractivity contribution >= 4 is 17.3 Å². The highest BCUT2D eigenvalue weighted by atomic mass is 19.4. The van der Waals surface area contributed by atoms with Crippen molar-refractivity contribution in [1.82, 2.24) is 0 Å². The predicted octanol–water partition coefficient (Wildman–Crippen LogP) is 2.75. The molecule has 138 valence electrons. The second kappa shape index (κ2) is 7.21. The highest BCUT2D eigenvalue weighted by Gasteiger charge is 2.33. The number of benzene rings is 1. The molecule has 3 N–H and O–H groups in total. The molecule has 0 bridgehead atoms. The van der Waals surface area contributed by atoms with Crippen molar-refractivity contribution in [3.8, 4) is 0 Å². The summed E-state index contributed by atoms with van der Waals surface area (Å²) in [5.74, 6) is -0.421. The summed E-state index contributed by atoms with van der Waals surface area (Å²) >= 11 is 0. The molecule has 0 spiro atoms. The van der Waals surface area contributed by atoms with E-state index in [1.54, 1.807) is 0 Å². The molecule has 1 aromatic carbocycles. The quantitative estimate of drug-likeness (QED) is 0.870. The molecule has 2 saturated heterocycles. The SMILES string of the molecule is NC[C@H]1CC[C@@H](C(=O)Nc2cc(C(F)(F)F)ccc2N2CCCC2)O1. The number of hydrogen-bond donors (Lipinski definition) is 2. The zero-order valence-electron chi connectivity index (χ0n) is 13.8. The lowest BCUT2D eigenvalue weighted by atomic mass is 10.1. The minimum Gasteiger partial charge on any atom is -0.370 e. The van der Waals surface area contributed by atoms with E-state index in [2.05, 4.69) is 5.32 Å². The van der Waals surface area contributed by atoms with Gasteiger partial charge in [-0.1, -0.05) is 0 Å². The number of hydrogen-bond acceptors (Lipinski definition) is 4. The van der Waals surface area contributed by atoms with Gasteiger partial charge >= 0.3 is 6.18 Å². The normalized spacial score (nSPS) is 23.9. The topological polar surface area (TPSA) is 67.6 Å². The second-order valence-electron chi connectivity index (χ2n) is 6.47. The molecule has 2 aliphatic heterocycles. The Hall–Kier alpha value is -1.80. The molecular formula is C17H22F3N3O2. The van der Waals surface area contributed by atoms with E-state index in [0.717, 1.165) is 38.1 Å². The van der Waals surface area contributed by atoms with E-state index >= 15 is 0 Å². The first-order valence-corrected chi connectivity index (χ1v) is 8.51. The number of nitrogens with two attached hydrogens (primary N) is 1. The number of amides is 1. The van der Waals surface area contributed by atoms with E-state index in [0.29, 0.717) is 25.1 Å². The molecule has 25 heavy (non-hydrogen) atoms. The van der Waals surface area contributed by atoms with Crippen molar-refractivity contribution in [2.24, 2.45) is 5.73 Å². The van der Waals surface area contributed by atoms with Crippen LogP contribution in [0.15, 0.2) is 18.2 Å². The number of ether oxygens (including phenoxy) is 1. The Balaban J connectivity index is 1.82. The lowest BCUT2D eigenvalue weighted by Gasteiger charge is -2.23. The van der Waals surface area contributed by atoms with Crippen LogP contribution < -0.4 is 16.0 Å². The maximum absolute atomic E-state index is 13.0. The van der Waals surface area contributed by atoms with Crippen LogP contribution in [0.5, 0.6) is 0 Å². The van der Waals surface area contributed by atoms with Crippen LogP contribution >= 0.6 is 0 Å². The number of halogens is 3. The second-order valence-corrected chi connectivity index (χ2v) is 6.47. The van der Waals surface area contributed by atoms with Crippen molar-refractivity contribution in [1.29, 1.82) is 0 Å². The number of anilines is 2. The third kappa shape index (κ3) is 4.07. The van der Waals surface area contributed by atoms with Crippen LogP contribution in [0.4, 0.5) is 24.5 Å². The maximum atomic E-state index is 13.0. The molecule has 2 heterocycles. The van der Waals surface area contributed by atoms with Gasteiger partial charge in [0.25, 0.3) is 5.91 Å². The van der Waals surface area contributed by atoms with Crippen molar-refractivity contribution in [3.05, 3.63) is 23.8 Å². The van der Waals surface area contributed by atoms with Crippen LogP contribution in [0, 0.1) is 0 Å². The number of nitrogens with one attached hydrogen (secondary N) is 1. The highest BCUT2D eigenvalue weighted by Crippen LogP contribution is 2.37. The molecule has 1 aromatic rings. The zero-order chi connectivity index (χ0) is 18.0. The van der Waals surface area contributed by atoms with Gasteiger partial charge in [0.15, 0.2) is 0 Å².